The molecule has 0 radical (unpaired) electrons. The molecule has 4 aliphatic rings. The fourth-order valence-corrected chi connectivity index (χ4v) is 7.29. The van der Waals surface area contributed by atoms with Gasteiger partial charge in [0, 0.05) is 18.7 Å². The minimum atomic E-state index is -0.277. The number of carbonyl (C=O) groups excluding carboxylic acids is 1. The Bertz CT molecular complexity index is 906. The Morgan fingerprint density at radius 2 is 1.77 bits per heavy atom. The van der Waals surface area contributed by atoms with Crippen molar-refractivity contribution in [2.45, 2.75) is 56.6 Å². The number of benzene rings is 1. The zero-order valence-electron chi connectivity index (χ0n) is 17.6. The molecule has 7 heteroatoms. The molecule has 1 atom stereocenters. The first-order valence-corrected chi connectivity index (χ1v) is 12.0. The second-order valence-electron chi connectivity index (χ2n) is 9.73. The number of nitrogens with zero attached hydrogens (tertiary/aromatic N) is 3. The maximum absolute atomic E-state index is 13.2. The molecule has 1 N–H and O–H groups in total. The van der Waals surface area contributed by atoms with Crippen molar-refractivity contribution in [2.24, 2.45) is 30.2 Å². The first-order valence-electron chi connectivity index (χ1n) is 11.0. The number of hydrogen-bond donors (Lipinski definition) is 1. The second kappa shape index (κ2) is 7.66. The van der Waals surface area contributed by atoms with E-state index in [9.17, 15) is 9.18 Å². The highest BCUT2D eigenvalue weighted by Gasteiger charge is 2.53. The molecule has 4 aliphatic carbocycles. The van der Waals surface area contributed by atoms with Crippen molar-refractivity contribution in [3.05, 3.63) is 30.1 Å². The number of halogens is 1. The maximum atomic E-state index is 13.2. The van der Waals surface area contributed by atoms with Crippen molar-refractivity contribution in [3.63, 3.8) is 0 Å². The molecule has 5 nitrogen and oxygen atoms in total. The number of thioether (sulfide) groups is 1. The SMILES string of the molecule is C[C@@H](NC(=O)CSc1nnc(-c2ccc(F)cc2)n1C)C12CC3CC(CC(C3)C1)C2. The van der Waals surface area contributed by atoms with Crippen LogP contribution in [0.25, 0.3) is 11.4 Å². The van der Waals surface area contributed by atoms with E-state index in [4.69, 9.17) is 0 Å². The molecule has 1 amide bonds. The van der Waals surface area contributed by atoms with Crippen molar-refractivity contribution in [3.8, 4) is 11.4 Å². The average Bonchev–Trinajstić information content (AvgIpc) is 3.06. The van der Waals surface area contributed by atoms with E-state index in [-0.39, 0.29) is 17.8 Å². The maximum Gasteiger partial charge on any atom is 0.230 e. The fourth-order valence-electron chi connectivity index (χ4n) is 6.57. The molecule has 6 rings (SSSR count). The lowest BCUT2D eigenvalue weighted by molar-refractivity contribution is -0.123. The standard InChI is InChI=1S/C23H29FN4OS/c1-14(23-10-15-7-16(11-23)9-17(8-15)12-23)25-20(29)13-30-22-27-26-21(28(22)2)18-3-5-19(24)6-4-18/h3-6,14-17H,7-13H2,1-2H3,(H,25,29)/t14-,15?,16?,17?,23?/m1/s1. The molecule has 0 saturated heterocycles. The molecule has 30 heavy (non-hydrogen) atoms. The lowest BCUT2D eigenvalue weighted by Gasteiger charge is -2.59. The number of amides is 1. The van der Waals surface area contributed by atoms with Crippen LogP contribution in [0.5, 0.6) is 0 Å². The van der Waals surface area contributed by atoms with Crippen LogP contribution in [0.1, 0.15) is 45.4 Å². The predicted molar refractivity (Wildman–Crippen MR) is 115 cm³/mol. The molecule has 0 spiro atoms. The summed E-state index contributed by atoms with van der Waals surface area (Å²) in [6.45, 7) is 2.21. The summed E-state index contributed by atoms with van der Waals surface area (Å²) in [5.41, 5.74) is 1.12. The van der Waals surface area contributed by atoms with Gasteiger partial charge in [0.1, 0.15) is 5.82 Å². The Kier molecular flexibility index (Phi) is 5.12. The Morgan fingerprint density at radius 3 is 2.37 bits per heavy atom. The predicted octanol–water partition coefficient (Wildman–Crippen LogP) is 4.43. The summed E-state index contributed by atoms with van der Waals surface area (Å²) >= 11 is 1.40. The quantitative estimate of drug-likeness (QED) is 0.692. The number of carbonyl (C=O) groups is 1. The first-order chi connectivity index (χ1) is 14.4. The van der Waals surface area contributed by atoms with E-state index in [2.05, 4.69) is 22.4 Å². The highest BCUT2D eigenvalue weighted by atomic mass is 32.2. The van der Waals surface area contributed by atoms with Crippen LogP contribution in [0.3, 0.4) is 0 Å². The molecule has 4 saturated carbocycles. The molecule has 0 unspecified atom stereocenters. The van der Waals surface area contributed by atoms with Gasteiger partial charge in [-0.1, -0.05) is 11.8 Å². The average molecular weight is 429 g/mol. The number of nitrogens with one attached hydrogen (secondary N) is 1. The van der Waals surface area contributed by atoms with Gasteiger partial charge in [0.2, 0.25) is 5.91 Å². The topological polar surface area (TPSA) is 59.8 Å². The zero-order valence-corrected chi connectivity index (χ0v) is 18.4. The van der Waals surface area contributed by atoms with Gasteiger partial charge in [0.25, 0.3) is 0 Å². The van der Waals surface area contributed by atoms with E-state index < -0.39 is 0 Å². The molecule has 1 aromatic carbocycles. The van der Waals surface area contributed by atoms with Gasteiger partial charge in [-0.3, -0.25) is 4.79 Å². The summed E-state index contributed by atoms with van der Waals surface area (Å²) in [7, 11) is 1.87. The lowest BCUT2D eigenvalue weighted by atomic mass is 9.48. The van der Waals surface area contributed by atoms with E-state index in [1.54, 1.807) is 12.1 Å². The lowest BCUT2D eigenvalue weighted by Crippen LogP contribution is -2.56. The third-order valence-corrected chi connectivity index (χ3v) is 8.67. The third kappa shape index (κ3) is 3.66. The van der Waals surface area contributed by atoms with Crippen LogP contribution >= 0.6 is 11.8 Å². The highest BCUT2D eigenvalue weighted by Crippen LogP contribution is 2.61. The Labute approximate surface area is 181 Å². The third-order valence-electron chi connectivity index (χ3n) is 7.65. The Hall–Kier alpha value is -1.89. The van der Waals surface area contributed by atoms with Crippen molar-refractivity contribution in [2.75, 3.05) is 5.75 Å². The highest BCUT2D eigenvalue weighted by molar-refractivity contribution is 7.99. The molecule has 4 fully saturated rings. The van der Waals surface area contributed by atoms with Crippen LogP contribution in [0.15, 0.2) is 29.4 Å². The number of rotatable bonds is 6. The summed E-state index contributed by atoms with van der Waals surface area (Å²) in [5.74, 6) is 3.43. The van der Waals surface area contributed by atoms with Gasteiger partial charge < -0.3 is 9.88 Å². The minimum absolute atomic E-state index is 0.0644. The van der Waals surface area contributed by atoms with Crippen LogP contribution in [0.2, 0.25) is 0 Å². The van der Waals surface area contributed by atoms with Gasteiger partial charge in [-0.05, 0) is 92.9 Å². The van der Waals surface area contributed by atoms with Gasteiger partial charge in [-0.15, -0.1) is 10.2 Å². The van der Waals surface area contributed by atoms with Crippen molar-refractivity contribution >= 4 is 17.7 Å². The van der Waals surface area contributed by atoms with Crippen LogP contribution < -0.4 is 5.32 Å². The van der Waals surface area contributed by atoms with Crippen LogP contribution in [0, 0.1) is 29.0 Å². The molecular formula is C23H29FN4OS. The minimum Gasteiger partial charge on any atom is -0.352 e. The zero-order chi connectivity index (χ0) is 20.9. The fraction of sp³-hybridized carbons (Fsp3) is 0.609. The second-order valence-corrected chi connectivity index (χ2v) is 10.7. The summed E-state index contributed by atoms with van der Waals surface area (Å²) in [4.78, 5) is 12.7. The van der Waals surface area contributed by atoms with Gasteiger partial charge in [0.15, 0.2) is 11.0 Å². The molecular weight excluding hydrogens is 399 g/mol. The van der Waals surface area contributed by atoms with E-state index in [1.807, 2.05) is 11.6 Å². The number of aromatic nitrogens is 3. The molecule has 0 aliphatic heterocycles. The van der Waals surface area contributed by atoms with Gasteiger partial charge in [-0.25, -0.2) is 4.39 Å². The summed E-state index contributed by atoms with van der Waals surface area (Å²) < 4.78 is 15.0. The number of hydrogen-bond acceptors (Lipinski definition) is 4. The van der Waals surface area contributed by atoms with Crippen LogP contribution in [0.4, 0.5) is 4.39 Å². The largest absolute Gasteiger partial charge is 0.352 e. The normalized spacial score (nSPS) is 30.4. The Morgan fingerprint density at radius 1 is 1.17 bits per heavy atom. The molecule has 160 valence electrons. The van der Waals surface area contributed by atoms with Crippen LogP contribution in [-0.2, 0) is 11.8 Å². The van der Waals surface area contributed by atoms with Crippen molar-refractivity contribution in [1.29, 1.82) is 0 Å². The van der Waals surface area contributed by atoms with Gasteiger partial charge in [-0.2, -0.15) is 0 Å². The van der Waals surface area contributed by atoms with Crippen molar-refractivity contribution < 1.29 is 9.18 Å². The monoisotopic (exact) mass is 428 g/mol. The molecule has 1 heterocycles. The summed E-state index contributed by atoms with van der Waals surface area (Å²) in [6, 6.07) is 6.43. The van der Waals surface area contributed by atoms with E-state index >= 15 is 0 Å². The van der Waals surface area contributed by atoms with Crippen LogP contribution in [-0.4, -0.2) is 32.5 Å². The first kappa shape index (κ1) is 20.0. The summed E-state index contributed by atoms with van der Waals surface area (Å²) in [6.07, 6.45) is 8.11. The molecule has 4 bridgehead atoms. The van der Waals surface area contributed by atoms with E-state index in [1.165, 1.54) is 62.4 Å². The molecule has 1 aromatic heterocycles. The smallest absolute Gasteiger partial charge is 0.230 e. The van der Waals surface area contributed by atoms with Crippen molar-refractivity contribution in [1.82, 2.24) is 20.1 Å². The van der Waals surface area contributed by atoms with E-state index in [0.29, 0.717) is 22.1 Å². The molecule has 2 aromatic rings. The van der Waals surface area contributed by atoms with Gasteiger partial charge in [0.05, 0.1) is 5.75 Å². The van der Waals surface area contributed by atoms with Gasteiger partial charge >= 0.3 is 0 Å². The Balaban J connectivity index is 1.19. The van der Waals surface area contributed by atoms with E-state index in [0.717, 1.165) is 23.3 Å². The summed E-state index contributed by atoms with van der Waals surface area (Å²) in [5, 5.41) is 12.4.